The molecule has 0 bridgehead atoms. The van der Waals surface area contributed by atoms with Crippen LogP contribution in [0.1, 0.15) is 20.7 Å². The zero-order valence-corrected chi connectivity index (χ0v) is 21.5. The van der Waals surface area contributed by atoms with Crippen molar-refractivity contribution in [3.8, 4) is 45.0 Å². The number of aromatic nitrogens is 4. The van der Waals surface area contributed by atoms with Gasteiger partial charge in [-0.05, 0) is 47.5 Å². The first-order chi connectivity index (χ1) is 19.7. The molecule has 6 rings (SSSR count). The molecule has 0 unspecified atom stereocenters. The van der Waals surface area contributed by atoms with E-state index in [1.165, 1.54) is 0 Å². The molecule has 0 saturated heterocycles. The zero-order valence-electron chi connectivity index (χ0n) is 21.5. The van der Waals surface area contributed by atoms with Crippen molar-refractivity contribution in [2.24, 2.45) is 0 Å². The van der Waals surface area contributed by atoms with Crippen molar-refractivity contribution in [2.75, 3.05) is 0 Å². The van der Waals surface area contributed by atoms with Crippen LogP contribution in [0.3, 0.4) is 0 Å². The molecule has 6 heteroatoms. The Kier molecular flexibility index (Phi) is 8.29. The van der Waals surface area contributed by atoms with Crippen LogP contribution < -0.4 is 0 Å². The molecule has 0 saturated carbocycles. The second-order valence-corrected chi connectivity index (χ2v) is 8.77. The van der Waals surface area contributed by atoms with Gasteiger partial charge in [-0.1, -0.05) is 72.8 Å². The van der Waals surface area contributed by atoms with Crippen LogP contribution in [0.2, 0.25) is 0 Å². The lowest BCUT2D eigenvalue weighted by molar-refractivity contribution is 0.111. The van der Waals surface area contributed by atoms with Crippen LogP contribution in [-0.4, -0.2) is 32.5 Å². The van der Waals surface area contributed by atoms with Gasteiger partial charge in [0.25, 0.3) is 0 Å². The van der Waals surface area contributed by atoms with Crippen molar-refractivity contribution in [1.29, 1.82) is 0 Å². The number of nitrogens with zero attached hydrogens (tertiary/aromatic N) is 4. The summed E-state index contributed by atoms with van der Waals surface area (Å²) in [4.78, 5) is 38.9. The maximum atomic E-state index is 10.8. The van der Waals surface area contributed by atoms with Gasteiger partial charge in [0.2, 0.25) is 0 Å². The van der Waals surface area contributed by atoms with Crippen LogP contribution in [0.15, 0.2) is 134 Å². The molecular formula is C34H24N4O2. The Balaban J connectivity index is 0.000000223. The Morgan fingerprint density at radius 2 is 0.750 bits per heavy atom. The summed E-state index contributed by atoms with van der Waals surface area (Å²) in [5.74, 6) is 0. The van der Waals surface area contributed by atoms with Crippen LogP contribution in [-0.2, 0) is 0 Å². The van der Waals surface area contributed by atoms with Crippen LogP contribution in [0.4, 0.5) is 0 Å². The van der Waals surface area contributed by atoms with Crippen LogP contribution in [0.25, 0.3) is 45.0 Å². The summed E-state index contributed by atoms with van der Waals surface area (Å²) in [5, 5.41) is 0. The Hall–Kier alpha value is -5.62. The van der Waals surface area contributed by atoms with E-state index in [0.717, 1.165) is 57.6 Å². The van der Waals surface area contributed by atoms with Gasteiger partial charge in [0.1, 0.15) is 12.6 Å². The standard InChI is InChI=1S/C24H16N2O2.C10H8N2/c27-15-17-1-5-19(6-2-17)21-9-11-23(25-13-21)24-12-10-22(14-26-24)20-7-3-18(16-28)4-8-20;1-3-7-11-9(5-1)10-6-2-4-8-12-10/h1-16H;1-8H. The highest BCUT2D eigenvalue weighted by molar-refractivity contribution is 5.78. The Labute approximate surface area is 232 Å². The summed E-state index contributed by atoms with van der Waals surface area (Å²) >= 11 is 0. The largest absolute Gasteiger partial charge is 0.298 e. The molecule has 0 amide bonds. The van der Waals surface area contributed by atoms with E-state index >= 15 is 0 Å². The molecule has 6 aromatic rings. The highest BCUT2D eigenvalue weighted by atomic mass is 16.1. The topological polar surface area (TPSA) is 85.7 Å². The third kappa shape index (κ3) is 6.44. The SMILES string of the molecule is O=Cc1ccc(-c2ccc(-c3ccc(-c4ccc(C=O)cc4)cn3)nc2)cc1.c1ccc(-c2ccccn2)nc1. The molecule has 6 nitrogen and oxygen atoms in total. The van der Waals surface area contributed by atoms with Gasteiger partial charge in [-0.15, -0.1) is 0 Å². The van der Waals surface area contributed by atoms with Gasteiger partial charge in [0.05, 0.1) is 22.8 Å². The summed E-state index contributed by atoms with van der Waals surface area (Å²) in [7, 11) is 0. The van der Waals surface area contributed by atoms with Gasteiger partial charge in [-0.2, -0.15) is 0 Å². The minimum absolute atomic E-state index is 0.651. The normalized spacial score (nSPS) is 10.2. The molecular weight excluding hydrogens is 496 g/mol. The highest BCUT2D eigenvalue weighted by Crippen LogP contribution is 2.24. The van der Waals surface area contributed by atoms with E-state index in [0.29, 0.717) is 11.1 Å². The number of carbonyl (C=O) groups excluding carboxylic acids is 2. The molecule has 0 N–H and O–H groups in total. The summed E-state index contributed by atoms with van der Waals surface area (Å²) in [6.07, 6.45) is 8.81. The quantitative estimate of drug-likeness (QED) is 0.215. The van der Waals surface area contributed by atoms with E-state index in [2.05, 4.69) is 19.9 Å². The van der Waals surface area contributed by atoms with Gasteiger partial charge in [0.15, 0.2) is 0 Å². The predicted molar refractivity (Wildman–Crippen MR) is 157 cm³/mol. The Bertz CT molecular complexity index is 1540. The number of rotatable bonds is 6. The molecule has 0 aliphatic carbocycles. The monoisotopic (exact) mass is 520 g/mol. The van der Waals surface area contributed by atoms with Crippen molar-refractivity contribution in [2.45, 2.75) is 0 Å². The molecule has 2 aromatic carbocycles. The zero-order chi connectivity index (χ0) is 27.6. The molecule has 0 aliphatic heterocycles. The fraction of sp³-hybridized carbons (Fsp3) is 0. The molecule has 0 radical (unpaired) electrons. The van der Waals surface area contributed by atoms with Gasteiger partial charge in [-0.3, -0.25) is 29.5 Å². The van der Waals surface area contributed by atoms with Crippen LogP contribution >= 0.6 is 0 Å². The average Bonchev–Trinajstić information content (AvgIpc) is 3.06. The summed E-state index contributed by atoms with van der Waals surface area (Å²) in [5.41, 5.74) is 8.68. The third-order valence-corrected chi connectivity index (χ3v) is 6.14. The summed E-state index contributed by atoms with van der Waals surface area (Å²) in [6, 6.07) is 34.2. The highest BCUT2D eigenvalue weighted by Gasteiger charge is 2.05. The minimum atomic E-state index is 0.651. The molecule has 4 heterocycles. The van der Waals surface area contributed by atoms with Gasteiger partial charge < -0.3 is 0 Å². The number of benzene rings is 2. The van der Waals surface area contributed by atoms with E-state index in [9.17, 15) is 9.59 Å². The lowest BCUT2D eigenvalue weighted by Crippen LogP contribution is -1.89. The fourth-order valence-electron chi connectivity index (χ4n) is 3.97. The molecule has 4 aromatic heterocycles. The van der Waals surface area contributed by atoms with Gasteiger partial charge in [0, 0.05) is 47.0 Å². The second-order valence-electron chi connectivity index (χ2n) is 8.77. The maximum Gasteiger partial charge on any atom is 0.150 e. The first-order valence-corrected chi connectivity index (χ1v) is 12.6. The molecule has 40 heavy (non-hydrogen) atoms. The number of hydrogen-bond donors (Lipinski definition) is 0. The number of aldehydes is 2. The fourth-order valence-corrected chi connectivity index (χ4v) is 3.97. The van der Waals surface area contributed by atoms with E-state index in [1.807, 2.05) is 84.9 Å². The van der Waals surface area contributed by atoms with Crippen LogP contribution in [0, 0.1) is 0 Å². The first kappa shape index (κ1) is 26.0. The van der Waals surface area contributed by atoms with Crippen molar-refractivity contribution >= 4 is 12.6 Å². The van der Waals surface area contributed by atoms with E-state index < -0.39 is 0 Å². The smallest absolute Gasteiger partial charge is 0.150 e. The van der Waals surface area contributed by atoms with Crippen molar-refractivity contribution < 1.29 is 9.59 Å². The summed E-state index contributed by atoms with van der Waals surface area (Å²) < 4.78 is 0. The predicted octanol–water partition coefficient (Wildman–Crippen LogP) is 7.25. The maximum absolute atomic E-state index is 10.8. The molecule has 0 atom stereocenters. The number of hydrogen-bond acceptors (Lipinski definition) is 6. The Morgan fingerprint density at radius 3 is 1.05 bits per heavy atom. The second kappa shape index (κ2) is 12.8. The van der Waals surface area contributed by atoms with E-state index in [-0.39, 0.29) is 0 Å². The molecule has 192 valence electrons. The van der Waals surface area contributed by atoms with Gasteiger partial charge in [-0.25, -0.2) is 0 Å². The number of pyridine rings is 4. The lowest BCUT2D eigenvalue weighted by Gasteiger charge is -2.06. The average molecular weight is 521 g/mol. The van der Waals surface area contributed by atoms with E-state index in [1.54, 1.807) is 49.1 Å². The van der Waals surface area contributed by atoms with Crippen molar-refractivity contribution in [1.82, 2.24) is 19.9 Å². The number of carbonyl (C=O) groups is 2. The minimum Gasteiger partial charge on any atom is -0.298 e. The van der Waals surface area contributed by atoms with Crippen molar-refractivity contribution in [3.63, 3.8) is 0 Å². The van der Waals surface area contributed by atoms with Gasteiger partial charge >= 0.3 is 0 Å². The lowest BCUT2D eigenvalue weighted by atomic mass is 10.0. The van der Waals surface area contributed by atoms with Crippen molar-refractivity contribution in [3.05, 3.63) is 145 Å². The van der Waals surface area contributed by atoms with Crippen LogP contribution in [0.5, 0.6) is 0 Å². The van der Waals surface area contributed by atoms with E-state index in [4.69, 9.17) is 0 Å². The first-order valence-electron chi connectivity index (χ1n) is 12.6. The Morgan fingerprint density at radius 1 is 0.375 bits per heavy atom. The molecule has 0 aliphatic rings. The summed E-state index contributed by atoms with van der Waals surface area (Å²) in [6.45, 7) is 0. The molecule has 0 spiro atoms. The molecule has 0 fully saturated rings. The third-order valence-electron chi connectivity index (χ3n) is 6.14.